The zero-order valence-corrected chi connectivity index (χ0v) is 11.7. The van der Waals surface area contributed by atoms with Gasteiger partial charge in [-0.15, -0.1) is 0 Å². The van der Waals surface area contributed by atoms with Gasteiger partial charge in [-0.1, -0.05) is 20.8 Å². The molecule has 0 amide bonds. The van der Waals surface area contributed by atoms with Gasteiger partial charge in [0.15, 0.2) is 4.73 Å². The quantitative estimate of drug-likeness (QED) is 0.754. The molecule has 17 heavy (non-hydrogen) atoms. The molecule has 0 radical (unpaired) electrons. The van der Waals surface area contributed by atoms with Gasteiger partial charge in [0.25, 0.3) is 0 Å². The van der Waals surface area contributed by atoms with Gasteiger partial charge in [0, 0.05) is 29.1 Å². The fourth-order valence-corrected chi connectivity index (χ4v) is 1.80. The summed E-state index contributed by atoms with van der Waals surface area (Å²) < 4.78 is 0.601. The third kappa shape index (κ3) is 2.88. The molecule has 0 unspecified atom stereocenters. The molecular weight excluding hydrogens is 278 g/mol. The summed E-state index contributed by atoms with van der Waals surface area (Å²) in [7, 11) is 0. The average molecular weight is 292 g/mol. The van der Waals surface area contributed by atoms with Crippen molar-refractivity contribution in [3.63, 3.8) is 0 Å². The highest BCUT2D eigenvalue weighted by atomic mass is 79.9. The summed E-state index contributed by atoms with van der Waals surface area (Å²) in [5, 5.41) is 0. The fraction of sp³-hybridized carbons (Fsp3) is 0.308. The van der Waals surface area contributed by atoms with E-state index in [0.29, 0.717) is 4.73 Å². The van der Waals surface area contributed by atoms with Crippen LogP contribution in [0.4, 0.5) is 0 Å². The summed E-state index contributed by atoms with van der Waals surface area (Å²) in [6, 6.07) is 5.94. The van der Waals surface area contributed by atoms with Gasteiger partial charge >= 0.3 is 0 Å². The molecule has 0 aliphatic heterocycles. The third-order valence-corrected chi connectivity index (χ3v) is 2.83. The standard InChI is InChI=1S/C13H14BrN3/c1-13(2,3)11-8-9(4-6-15-11)10-5-7-16-12(14)17-10/h4-8H,1-3H3. The van der Waals surface area contributed by atoms with Gasteiger partial charge in [-0.25, -0.2) is 9.97 Å². The summed E-state index contributed by atoms with van der Waals surface area (Å²) >= 11 is 3.28. The summed E-state index contributed by atoms with van der Waals surface area (Å²) in [6.45, 7) is 6.44. The predicted octanol–water partition coefficient (Wildman–Crippen LogP) is 3.60. The molecule has 3 nitrogen and oxygen atoms in total. The maximum absolute atomic E-state index is 4.40. The first-order chi connectivity index (χ1) is 7.97. The third-order valence-electron chi connectivity index (χ3n) is 2.45. The van der Waals surface area contributed by atoms with E-state index in [2.05, 4.69) is 57.7 Å². The zero-order chi connectivity index (χ0) is 12.5. The summed E-state index contributed by atoms with van der Waals surface area (Å²) in [6.07, 6.45) is 3.57. The van der Waals surface area contributed by atoms with Gasteiger partial charge in [-0.05, 0) is 34.1 Å². The highest BCUT2D eigenvalue weighted by Crippen LogP contribution is 2.24. The summed E-state index contributed by atoms with van der Waals surface area (Å²) in [5.41, 5.74) is 3.07. The molecular formula is C13H14BrN3. The molecule has 2 aromatic heterocycles. The van der Waals surface area contributed by atoms with Crippen LogP contribution in [-0.2, 0) is 5.41 Å². The molecule has 0 N–H and O–H groups in total. The van der Waals surface area contributed by atoms with Crippen LogP contribution in [0.3, 0.4) is 0 Å². The van der Waals surface area contributed by atoms with E-state index in [9.17, 15) is 0 Å². The summed E-state index contributed by atoms with van der Waals surface area (Å²) in [5.74, 6) is 0. The van der Waals surface area contributed by atoms with Gasteiger partial charge in [0.2, 0.25) is 0 Å². The van der Waals surface area contributed by atoms with Crippen molar-refractivity contribution in [3.8, 4) is 11.3 Å². The number of halogens is 1. The Balaban J connectivity index is 2.47. The van der Waals surface area contributed by atoms with E-state index in [1.54, 1.807) is 6.20 Å². The van der Waals surface area contributed by atoms with Crippen LogP contribution >= 0.6 is 15.9 Å². The average Bonchev–Trinajstić information content (AvgIpc) is 2.28. The first-order valence-electron chi connectivity index (χ1n) is 5.42. The Labute approximate surface area is 109 Å². The lowest BCUT2D eigenvalue weighted by Crippen LogP contribution is -2.13. The molecule has 0 saturated carbocycles. The van der Waals surface area contributed by atoms with Crippen LogP contribution in [0, 0.1) is 0 Å². The molecule has 4 heteroatoms. The smallest absolute Gasteiger partial charge is 0.197 e. The van der Waals surface area contributed by atoms with E-state index < -0.39 is 0 Å². The zero-order valence-electron chi connectivity index (χ0n) is 10.1. The van der Waals surface area contributed by atoms with Crippen LogP contribution in [0.2, 0.25) is 0 Å². The normalized spacial score (nSPS) is 11.5. The minimum absolute atomic E-state index is 0.0419. The van der Waals surface area contributed by atoms with Crippen LogP contribution in [0.25, 0.3) is 11.3 Å². The van der Waals surface area contributed by atoms with E-state index in [-0.39, 0.29) is 5.41 Å². The Hall–Kier alpha value is -1.29. The molecule has 2 heterocycles. The minimum Gasteiger partial charge on any atom is -0.261 e. The molecule has 0 aliphatic rings. The Morgan fingerprint density at radius 2 is 1.76 bits per heavy atom. The number of hydrogen-bond acceptors (Lipinski definition) is 3. The number of rotatable bonds is 1. The monoisotopic (exact) mass is 291 g/mol. The van der Waals surface area contributed by atoms with E-state index in [1.807, 2.05) is 18.3 Å². The maximum atomic E-state index is 4.40. The molecule has 2 aromatic rings. The molecule has 0 spiro atoms. The van der Waals surface area contributed by atoms with Crippen molar-refractivity contribution >= 4 is 15.9 Å². The van der Waals surface area contributed by atoms with Crippen LogP contribution in [0.1, 0.15) is 26.5 Å². The van der Waals surface area contributed by atoms with Gasteiger partial charge in [0.1, 0.15) is 0 Å². The van der Waals surface area contributed by atoms with Crippen molar-refractivity contribution < 1.29 is 0 Å². The number of aromatic nitrogens is 3. The van der Waals surface area contributed by atoms with Gasteiger partial charge < -0.3 is 0 Å². The maximum Gasteiger partial charge on any atom is 0.197 e. The molecule has 0 aliphatic carbocycles. The SMILES string of the molecule is CC(C)(C)c1cc(-c2ccnc(Br)n2)ccn1. The lowest BCUT2D eigenvalue weighted by atomic mass is 9.90. The van der Waals surface area contributed by atoms with Crippen molar-refractivity contribution in [3.05, 3.63) is 41.0 Å². The molecule has 0 aromatic carbocycles. The van der Waals surface area contributed by atoms with Gasteiger partial charge in [0.05, 0.1) is 5.69 Å². The van der Waals surface area contributed by atoms with Crippen molar-refractivity contribution in [2.75, 3.05) is 0 Å². The van der Waals surface area contributed by atoms with Gasteiger partial charge in [-0.2, -0.15) is 0 Å². The van der Waals surface area contributed by atoms with Crippen molar-refractivity contribution in [2.24, 2.45) is 0 Å². The van der Waals surface area contributed by atoms with Crippen molar-refractivity contribution in [2.45, 2.75) is 26.2 Å². The number of pyridine rings is 1. The molecule has 2 rings (SSSR count). The molecule has 0 atom stereocenters. The van der Waals surface area contributed by atoms with Crippen molar-refractivity contribution in [1.29, 1.82) is 0 Å². The largest absolute Gasteiger partial charge is 0.261 e. The Bertz CT molecular complexity index is 532. The predicted molar refractivity (Wildman–Crippen MR) is 71.7 cm³/mol. The number of hydrogen-bond donors (Lipinski definition) is 0. The minimum atomic E-state index is 0.0419. The highest BCUT2D eigenvalue weighted by molar-refractivity contribution is 9.10. The van der Waals surface area contributed by atoms with Crippen LogP contribution in [0.15, 0.2) is 35.3 Å². The first kappa shape index (κ1) is 12.2. The van der Waals surface area contributed by atoms with E-state index in [1.165, 1.54) is 0 Å². The second-order valence-corrected chi connectivity index (χ2v) is 5.60. The Morgan fingerprint density at radius 3 is 2.41 bits per heavy atom. The van der Waals surface area contributed by atoms with Crippen LogP contribution < -0.4 is 0 Å². The lowest BCUT2D eigenvalue weighted by Gasteiger charge is -2.18. The number of nitrogens with zero attached hydrogens (tertiary/aromatic N) is 3. The van der Waals surface area contributed by atoms with E-state index in [4.69, 9.17) is 0 Å². The van der Waals surface area contributed by atoms with Crippen molar-refractivity contribution in [1.82, 2.24) is 15.0 Å². The fourth-order valence-electron chi connectivity index (χ4n) is 1.50. The molecule has 0 fully saturated rings. The Morgan fingerprint density at radius 1 is 1.06 bits per heavy atom. The molecule has 88 valence electrons. The van der Waals surface area contributed by atoms with Crippen LogP contribution in [-0.4, -0.2) is 15.0 Å². The molecule has 0 bridgehead atoms. The first-order valence-corrected chi connectivity index (χ1v) is 6.21. The van der Waals surface area contributed by atoms with E-state index >= 15 is 0 Å². The second-order valence-electron chi connectivity index (χ2n) is 4.89. The van der Waals surface area contributed by atoms with Crippen LogP contribution in [0.5, 0.6) is 0 Å². The van der Waals surface area contributed by atoms with Gasteiger partial charge in [-0.3, -0.25) is 4.98 Å². The Kier molecular flexibility index (Phi) is 3.24. The summed E-state index contributed by atoms with van der Waals surface area (Å²) in [4.78, 5) is 12.8. The highest BCUT2D eigenvalue weighted by Gasteiger charge is 2.16. The topological polar surface area (TPSA) is 38.7 Å². The second kappa shape index (κ2) is 4.53. The molecule has 0 saturated heterocycles. The van der Waals surface area contributed by atoms with E-state index in [0.717, 1.165) is 17.0 Å². The lowest BCUT2D eigenvalue weighted by molar-refractivity contribution is 0.569.